The van der Waals surface area contributed by atoms with Crippen LogP contribution in [-0.2, 0) is 44.6 Å². The van der Waals surface area contributed by atoms with Crippen molar-refractivity contribution < 1.29 is 69.8 Å². The van der Waals surface area contributed by atoms with E-state index in [0.717, 1.165) is 0 Å². The van der Waals surface area contributed by atoms with Crippen molar-refractivity contribution >= 4 is 13.8 Å². The number of esters is 1. The predicted molar refractivity (Wildman–Crippen MR) is 82.7 cm³/mol. The average Bonchev–Trinajstić information content (AvgIpc) is 3.15. The number of rotatable bonds is 2. The van der Waals surface area contributed by atoms with Crippen molar-refractivity contribution in [2.75, 3.05) is 6.61 Å². The van der Waals surface area contributed by atoms with Gasteiger partial charge >= 0.3 is 61.6 Å². The Hall–Kier alpha value is -1.07. The number of allylic oxidation sites excluding steroid dienone is 2. The van der Waals surface area contributed by atoms with E-state index in [1.165, 1.54) is 6.92 Å². The van der Waals surface area contributed by atoms with Gasteiger partial charge in [-0.15, -0.1) is 0 Å². The molecule has 0 aromatic carbocycles. The van der Waals surface area contributed by atoms with Crippen molar-refractivity contribution in [3.8, 4) is 0 Å². The van der Waals surface area contributed by atoms with Gasteiger partial charge in [0.15, 0.2) is 6.10 Å². The summed E-state index contributed by atoms with van der Waals surface area (Å²) in [6.45, 7) is 10.7. The molecule has 1 heterocycles. The fraction of sp³-hybridized carbons (Fsp3) is 0.200. The topological polar surface area (TPSA) is 75.3 Å². The second kappa shape index (κ2) is 15.8. The second-order valence-electron chi connectivity index (χ2n) is 4.11. The number of halogens is 6. The van der Waals surface area contributed by atoms with Gasteiger partial charge in [-0.25, -0.2) is 0 Å². The first-order chi connectivity index (χ1) is 12.2. The standard InChI is InChI=1S/C8H10O3.C5H5.2CO.F6P.Mo/c1-7(9)11-6-8-4-2-3-5-10-8;1-2-4-5-3-1;2*1-2;1-7(2,3,4,5)6;/h2-5,8H,6H2,1H3;1-5H;;;;/q;;;;-1;/t8-;;;;;/m0...../s1. The summed E-state index contributed by atoms with van der Waals surface area (Å²) in [7, 11) is -10.7. The summed E-state index contributed by atoms with van der Waals surface area (Å²) in [5.41, 5.74) is 0. The maximum absolute atomic E-state index is 10.7. The molecule has 0 N–H and O–H groups in total. The zero-order valence-electron chi connectivity index (χ0n) is 14.1. The Labute approximate surface area is 173 Å². The molecule has 159 valence electrons. The van der Waals surface area contributed by atoms with Crippen LogP contribution in [0.5, 0.6) is 0 Å². The fourth-order valence-corrected chi connectivity index (χ4v) is 1.04. The van der Waals surface area contributed by atoms with E-state index in [2.05, 4.69) is 13.3 Å². The smallest absolute Gasteiger partial charge is 0 e. The summed E-state index contributed by atoms with van der Waals surface area (Å²) < 4.78 is 84.0. The van der Waals surface area contributed by atoms with E-state index in [0.29, 0.717) is 0 Å². The second-order valence-corrected chi connectivity index (χ2v) is 6.03. The van der Waals surface area contributed by atoms with Crippen LogP contribution in [0.25, 0.3) is 0 Å². The molecule has 0 aromatic rings. The van der Waals surface area contributed by atoms with E-state index < -0.39 is 7.81 Å². The van der Waals surface area contributed by atoms with Gasteiger partial charge in [-0.05, 0) is 44.3 Å². The minimum Gasteiger partial charge on any atom is -0.0312 e. The largest absolute Gasteiger partial charge is 0.0312 e. The summed E-state index contributed by atoms with van der Waals surface area (Å²) in [5.74, 6) is -0.281. The van der Waals surface area contributed by atoms with Gasteiger partial charge in [-0.1, -0.05) is 6.08 Å². The van der Waals surface area contributed by atoms with Gasteiger partial charge in [0, 0.05) is 28.0 Å². The Bertz CT molecular complexity index is 487. The van der Waals surface area contributed by atoms with Gasteiger partial charge < -0.3 is 9.47 Å². The molecule has 5 radical (unpaired) electrons. The molecule has 1 atom stereocenters. The molecule has 2 aliphatic rings. The maximum atomic E-state index is 10.4. The minimum atomic E-state index is -10.7. The number of carbonyl (C=O) groups excluding carboxylic acids is 1. The van der Waals surface area contributed by atoms with Gasteiger partial charge in [0.1, 0.15) is 6.61 Å². The minimum absolute atomic E-state index is 0. The molecule has 0 unspecified atom stereocenters. The average molecular weight is 516 g/mol. The molecule has 1 aliphatic heterocycles. The van der Waals surface area contributed by atoms with Crippen LogP contribution in [0.2, 0.25) is 0 Å². The Morgan fingerprint density at radius 3 is 1.57 bits per heavy atom. The van der Waals surface area contributed by atoms with Crippen LogP contribution in [-0.4, -0.2) is 18.7 Å². The molecule has 2 rings (SSSR count). The Morgan fingerprint density at radius 1 is 0.964 bits per heavy atom. The fourth-order valence-electron chi connectivity index (χ4n) is 1.04. The van der Waals surface area contributed by atoms with Crippen molar-refractivity contribution in [2.45, 2.75) is 13.0 Å². The number of hydrogen-bond acceptors (Lipinski definition) is 3. The van der Waals surface area contributed by atoms with Gasteiger partial charge in [0.05, 0.1) is 6.26 Å². The third kappa shape index (κ3) is 49.8. The van der Waals surface area contributed by atoms with E-state index in [1.807, 2.05) is 44.3 Å². The molecular weight excluding hydrogens is 501 g/mol. The van der Waals surface area contributed by atoms with Gasteiger partial charge in [0.2, 0.25) is 0 Å². The first-order valence-corrected chi connectivity index (χ1v) is 8.53. The maximum Gasteiger partial charge on any atom is 0 e. The summed E-state index contributed by atoms with van der Waals surface area (Å²) in [4.78, 5) is 10.4. The van der Waals surface area contributed by atoms with E-state index in [-0.39, 0.29) is 39.7 Å². The van der Waals surface area contributed by atoms with Crippen LogP contribution in [0.3, 0.4) is 0 Å². The SMILES string of the molecule is CC(=O)OC[C@@H]1C=CC=CO1.F[P-](F)(F)(F)(F)F.[C-]#[O+].[C-]#[O+].[CH]1[CH][CH][CH][CH]1.[Mo]. The van der Waals surface area contributed by atoms with Gasteiger partial charge in [0.25, 0.3) is 0 Å². The number of hydrogen-bond donors (Lipinski definition) is 0. The zero-order valence-corrected chi connectivity index (χ0v) is 17.0. The Balaban J connectivity index is -0.000000147. The van der Waals surface area contributed by atoms with Crippen molar-refractivity contribution in [1.82, 2.24) is 0 Å². The molecular formula is C15H15F6MoO5P-. The molecule has 5 nitrogen and oxygen atoms in total. The van der Waals surface area contributed by atoms with E-state index in [4.69, 9.17) is 18.8 Å². The summed E-state index contributed by atoms with van der Waals surface area (Å²) >= 11 is 0. The van der Waals surface area contributed by atoms with Crippen molar-refractivity contribution in [1.29, 1.82) is 0 Å². The summed E-state index contributed by atoms with van der Waals surface area (Å²) in [6.07, 6.45) is 16.9. The van der Waals surface area contributed by atoms with Gasteiger partial charge in [-0.2, -0.15) is 0 Å². The van der Waals surface area contributed by atoms with E-state index >= 15 is 0 Å². The molecule has 1 aliphatic carbocycles. The Morgan fingerprint density at radius 2 is 1.32 bits per heavy atom. The number of ether oxygens (including phenoxy) is 2. The zero-order chi connectivity index (χ0) is 22.0. The summed E-state index contributed by atoms with van der Waals surface area (Å²) in [5, 5.41) is 0. The molecule has 28 heavy (non-hydrogen) atoms. The predicted octanol–water partition coefficient (Wildman–Crippen LogP) is 5.34. The van der Waals surface area contributed by atoms with Crippen molar-refractivity contribution in [3.05, 3.63) is 69.9 Å². The van der Waals surface area contributed by atoms with Crippen molar-refractivity contribution in [3.63, 3.8) is 0 Å². The van der Waals surface area contributed by atoms with Crippen LogP contribution in [0.4, 0.5) is 25.2 Å². The molecule has 0 spiro atoms. The Kier molecular flexibility index (Phi) is 19.4. The molecule has 0 amide bonds. The van der Waals surface area contributed by atoms with Crippen LogP contribution in [0.1, 0.15) is 6.92 Å². The quantitative estimate of drug-likeness (QED) is 0.124. The molecule has 0 bridgehead atoms. The third-order valence-electron chi connectivity index (χ3n) is 1.78. The normalized spacial score (nSPS) is 18.5. The molecule has 13 heteroatoms. The third-order valence-corrected chi connectivity index (χ3v) is 1.78. The van der Waals surface area contributed by atoms with Crippen LogP contribution >= 0.6 is 7.81 Å². The summed E-state index contributed by atoms with van der Waals surface area (Å²) in [6, 6.07) is 0. The molecule has 0 saturated heterocycles. The van der Waals surface area contributed by atoms with Crippen molar-refractivity contribution in [2.24, 2.45) is 0 Å². The first kappa shape index (κ1) is 34.4. The number of carbonyl (C=O) groups is 1. The van der Waals surface area contributed by atoms with E-state index in [9.17, 15) is 30.0 Å². The van der Waals surface area contributed by atoms with Crippen LogP contribution in [0.15, 0.2) is 24.5 Å². The molecule has 1 fully saturated rings. The molecule has 0 aromatic heterocycles. The van der Waals surface area contributed by atoms with E-state index in [1.54, 1.807) is 12.3 Å². The van der Waals surface area contributed by atoms with Gasteiger partial charge in [-0.3, -0.25) is 4.79 Å². The molecule has 1 saturated carbocycles. The monoisotopic (exact) mass is 518 g/mol. The first-order valence-electron chi connectivity index (χ1n) is 6.50. The van der Waals surface area contributed by atoms with Crippen LogP contribution < -0.4 is 0 Å². The van der Waals surface area contributed by atoms with Crippen LogP contribution in [0, 0.1) is 45.4 Å².